The largest absolute Gasteiger partial charge is 0.495 e. The van der Waals surface area contributed by atoms with Crippen molar-refractivity contribution >= 4 is 77.1 Å². The van der Waals surface area contributed by atoms with Crippen LogP contribution in [0.3, 0.4) is 0 Å². The van der Waals surface area contributed by atoms with Gasteiger partial charge in [0.15, 0.2) is 0 Å². The van der Waals surface area contributed by atoms with Gasteiger partial charge in [-0.1, -0.05) is 11.8 Å². The number of pyridine rings is 1. The summed E-state index contributed by atoms with van der Waals surface area (Å²) in [7, 11) is 1.54. The van der Waals surface area contributed by atoms with Crippen molar-refractivity contribution < 1.29 is 19.4 Å². The Morgan fingerprint density at radius 3 is 2.68 bits per heavy atom. The van der Waals surface area contributed by atoms with Crippen LogP contribution in [0.4, 0.5) is 5.69 Å². The minimum atomic E-state index is -1.08. The summed E-state index contributed by atoms with van der Waals surface area (Å²) in [5, 5.41) is 12.2. The summed E-state index contributed by atoms with van der Waals surface area (Å²) < 4.78 is 7.15. The molecule has 1 heterocycles. The fourth-order valence-electron chi connectivity index (χ4n) is 1.81. The second-order valence-electron chi connectivity index (χ2n) is 4.56. The summed E-state index contributed by atoms with van der Waals surface area (Å²) >= 11 is 11.2. The average molecular weight is 555 g/mol. The lowest BCUT2D eigenvalue weighted by atomic mass is 10.3. The Labute approximate surface area is 173 Å². The molecule has 0 aliphatic rings. The molecule has 132 valence electrons. The summed E-state index contributed by atoms with van der Waals surface area (Å²) in [6.45, 7) is 0. The number of carboxylic acid groups (broad SMARTS) is 1. The number of thioether (sulfide) groups is 1. The number of amides is 1. The van der Waals surface area contributed by atoms with Gasteiger partial charge in [-0.05, 0) is 66.0 Å². The molecule has 0 saturated carbocycles. The molecule has 2 N–H and O–H groups in total. The number of aromatic carboxylic acids is 1. The quantitative estimate of drug-likeness (QED) is 0.394. The number of methoxy groups -OCH3 is 1. The first-order valence-corrected chi connectivity index (χ1v) is 10.0. The van der Waals surface area contributed by atoms with Crippen molar-refractivity contribution in [2.45, 2.75) is 5.03 Å². The molecule has 0 aliphatic carbocycles. The summed E-state index contributed by atoms with van der Waals surface area (Å²) in [6, 6.07) is 4.71. The van der Waals surface area contributed by atoms with Gasteiger partial charge in [0.2, 0.25) is 5.91 Å². The molecule has 0 aliphatic heterocycles. The van der Waals surface area contributed by atoms with Crippen LogP contribution >= 0.6 is 59.6 Å². The first-order valence-electron chi connectivity index (χ1n) is 6.67. The molecule has 0 spiro atoms. The zero-order chi connectivity index (χ0) is 18.6. The van der Waals surface area contributed by atoms with E-state index in [0.717, 1.165) is 11.8 Å². The molecule has 6 nitrogen and oxygen atoms in total. The van der Waals surface area contributed by atoms with Crippen LogP contribution < -0.4 is 10.1 Å². The first-order chi connectivity index (χ1) is 11.8. The van der Waals surface area contributed by atoms with Crippen molar-refractivity contribution in [2.24, 2.45) is 0 Å². The number of rotatable bonds is 6. The molecule has 0 bridgehead atoms. The maximum atomic E-state index is 12.2. The van der Waals surface area contributed by atoms with E-state index in [9.17, 15) is 9.59 Å². The molecule has 1 aromatic heterocycles. The Morgan fingerprint density at radius 1 is 1.32 bits per heavy atom. The summed E-state index contributed by atoms with van der Waals surface area (Å²) in [5.74, 6) is -0.767. The summed E-state index contributed by atoms with van der Waals surface area (Å²) in [4.78, 5) is 27.4. The zero-order valence-electron chi connectivity index (χ0n) is 12.7. The van der Waals surface area contributed by atoms with Gasteiger partial charge < -0.3 is 15.2 Å². The molecule has 1 amide bonds. The first kappa shape index (κ1) is 20.2. The second-order valence-corrected chi connectivity index (χ2v) is 7.97. The molecule has 0 radical (unpaired) electrons. The number of carboxylic acids is 1. The zero-order valence-corrected chi connectivity index (χ0v) is 18.3. The van der Waals surface area contributed by atoms with Crippen LogP contribution in [0.15, 0.2) is 42.8 Å². The number of benzene rings is 1. The van der Waals surface area contributed by atoms with Gasteiger partial charge in [-0.25, -0.2) is 9.78 Å². The maximum Gasteiger partial charge on any atom is 0.338 e. The van der Waals surface area contributed by atoms with Crippen molar-refractivity contribution in [1.82, 2.24) is 4.98 Å². The highest BCUT2D eigenvalue weighted by Crippen LogP contribution is 2.43. The van der Waals surface area contributed by atoms with Gasteiger partial charge in [0.25, 0.3) is 0 Å². The van der Waals surface area contributed by atoms with Crippen molar-refractivity contribution in [3.05, 3.63) is 43.4 Å². The van der Waals surface area contributed by atoms with Crippen LogP contribution in [0.2, 0.25) is 0 Å². The number of ether oxygens (including phenoxy) is 1. The normalized spacial score (nSPS) is 10.4. The van der Waals surface area contributed by atoms with Gasteiger partial charge in [0.1, 0.15) is 10.8 Å². The van der Waals surface area contributed by atoms with Gasteiger partial charge >= 0.3 is 5.97 Å². The number of anilines is 1. The third-order valence-corrected chi connectivity index (χ3v) is 6.69. The molecule has 10 heteroatoms. The molecule has 1 aromatic carbocycles. The molecule has 0 saturated heterocycles. The van der Waals surface area contributed by atoms with Crippen molar-refractivity contribution in [1.29, 1.82) is 0 Å². The number of halogens is 3. The predicted octanol–water partition coefficient (Wildman–Crippen LogP) is 4.81. The number of aromatic nitrogens is 1. The molecular formula is C15H11Br3N2O4S. The van der Waals surface area contributed by atoms with E-state index in [1.165, 1.54) is 18.3 Å². The Bertz CT molecular complexity index is 833. The van der Waals surface area contributed by atoms with Crippen molar-refractivity contribution in [2.75, 3.05) is 18.2 Å². The van der Waals surface area contributed by atoms with Gasteiger partial charge in [0.05, 0.1) is 33.1 Å². The van der Waals surface area contributed by atoms with Gasteiger partial charge in [0, 0.05) is 10.7 Å². The molecule has 0 fully saturated rings. The van der Waals surface area contributed by atoms with E-state index in [1.807, 2.05) is 0 Å². The molecule has 2 aromatic rings. The smallest absolute Gasteiger partial charge is 0.338 e. The Kier molecular flexibility index (Phi) is 7.29. The monoisotopic (exact) mass is 552 g/mol. The Hall–Kier alpha value is -1.10. The number of carbonyl (C=O) groups excluding carboxylic acids is 1. The van der Waals surface area contributed by atoms with Crippen LogP contribution in [0, 0.1) is 0 Å². The van der Waals surface area contributed by atoms with Crippen LogP contribution in [-0.2, 0) is 4.79 Å². The van der Waals surface area contributed by atoms with Crippen LogP contribution in [-0.4, -0.2) is 34.8 Å². The molecule has 0 unspecified atom stereocenters. The molecular weight excluding hydrogens is 544 g/mol. The predicted molar refractivity (Wildman–Crippen MR) is 107 cm³/mol. The number of hydrogen-bond donors (Lipinski definition) is 2. The van der Waals surface area contributed by atoms with E-state index in [1.54, 1.807) is 13.2 Å². The molecule has 2 rings (SSSR count). The second kappa shape index (κ2) is 9.02. The van der Waals surface area contributed by atoms with Crippen LogP contribution in [0.1, 0.15) is 10.4 Å². The molecule has 0 atom stereocenters. The van der Waals surface area contributed by atoms with Crippen LogP contribution in [0.5, 0.6) is 5.75 Å². The van der Waals surface area contributed by atoms with Gasteiger partial charge in [-0.3, -0.25) is 4.79 Å². The number of nitrogens with one attached hydrogen (secondary N) is 1. The van der Waals surface area contributed by atoms with E-state index in [2.05, 4.69) is 58.1 Å². The standard InChI is InChI=1S/C15H11Br3N2O4S/c1-24-9-5-8(16)13(12(18)11(9)17)20-10(21)6-25-14-7(15(22)23)3-2-4-19-14/h2-5H,6H2,1H3,(H,20,21)(H,22,23). The SMILES string of the molecule is COc1cc(Br)c(NC(=O)CSc2ncccc2C(=O)O)c(Br)c1Br. The number of nitrogens with zero attached hydrogens (tertiary/aromatic N) is 1. The number of hydrogen-bond acceptors (Lipinski definition) is 5. The van der Waals surface area contributed by atoms with E-state index in [0.29, 0.717) is 29.9 Å². The summed E-state index contributed by atoms with van der Waals surface area (Å²) in [5.41, 5.74) is 0.604. The van der Waals surface area contributed by atoms with Gasteiger partial charge in [-0.2, -0.15) is 0 Å². The number of carbonyl (C=O) groups is 2. The van der Waals surface area contributed by atoms with Crippen LogP contribution in [0.25, 0.3) is 0 Å². The third-order valence-electron chi connectivity index (χ3n) is 2.95. The Balaban J connectivity index is 2.12. The Morgan fingerprint density at radius 2 is 2.04 bits per heavy atom. The van der Waals surface area contributed by atoms with E-state index in [4.69, 9.17) is 9.84 Å². The lowest BCUT2D eigenvalue weighted by Crippen LogP contribution is -2.15. The lowest BCUT2D eigenvalue weighted by molar-refractivity contribution is -0.113. The topological polar surface area (TPSA) is 88.5 Å². The van der Waals surface area contributed by atoms with Crippen molar-refractivity contribution in [3.8, 4) is 5.75 Å². The average Bonchev–Trinajstić information content (AvgIpc) is 2.60. The minimum Gasteiger partial charge on any atom is -0.495 e. The van der Waals surface area contributed by atoms with E-state index >= 15 is 0 Å². The maximum absolute atomic E-state index is 12.2. The highest BCUT2D eigenvalue weighted by atomic mass is 79.9. The lowest BCUT2D eigenvalue weighted by Gasteiger charge is -2.14. The third kappa shape index (κ3) is 4.96. The highest BCUT2D eigenvalue weighted by molar-refractivity contribution is 9.13. The summed E-state index contributed by atoms with van der Waals surface area (Å²) in [6.07, 6.45) is 1.49. The fraction of sp³-hybridized carbons (Fsp3) is 0.133. The minimum absolute atomic E-state index is 0.0137. The van der Waals surface area contributed by atoms with Gasteiger partial charge in [-0.15, -0.1) is 0 Å². The van der Waals surface area contributed by atoms with Crippen molar-refractivity contribution in [3.63, 3.8) is 0 Å². The van der Waals surface area contributed by atoms with E-state index in [-0.39, 0.29) is 17.2 Å². The fourth-order valence-corrected chi connectivity index (χ4v) is 4.35. The van der Waals surface area contributed by atoms with E-state index < -0.39 is 5.97 Å². The highest BCUT2D eigenvalue weighted by Gasteiger charge is 2.17. The molecule has 25 heavy (non-hydrogen) atoms.